The van der Waals surface area contributed by atoms with Crippen LogP contribution in [-0.2, 0) is 24.3 Å². The average Bonchev–Trinajstić information content (AvgIpc) is 2.76. The second-order valence-corrected chi connectivity index (χ2v) is 8.29. The van der Waals surface area contributed by atoms with Gasteiger partial charge >= 0.3 is 6.03 Å². The van der Waals surface area contributed by atoms with Crippen LogP contribution in [0, 0.1) is 6.92 Å². The molecule has 0 heterocycles. The van der Waals surface area contributed by atoms with Crippen molar-refractivity contribution >= 4 is 17.6 Å². The van der Waals surface area contributed by atoms with Crippen molar-refractivity contribution in [2.45, 2.75) is 46.3 Å². The fourth-order valence-electron chi connectivity index (χ4n) is 3.48. The molecule has 0 radical (unpaired) electrons. The lowest BCUT2D eigenvalue weighted by Gasteiger charge is -2.25. The number of carbonyl (C=O) groups is 2. The minimum Gasteiger partial charge on any atom is -0.352 e. The summed E-state index contributed by atoms with van der Waals surface area (Å²) in [6.45, 7) is 6.86. The predicted molar refractivity (Wildman–Crippen MR) is 129 cm³/mol. The Bertz CT molecular complexity index is 1050. The number of amides is 3. The lowest BCUT2D eigenvalue weighted by molar-refractivity contribution is -0.120. The van der Waals surface area contributed by atoms with Crippen molar-refractivity contribution in [2.24, 2.45) is 0 Å². The van der Waals surface area contributed by atoms with Gasteiger partial charge in [-0.1, -0.05) is 72.3 Å². The molecule has 32 heavy (non-hydrogen) atoms. The molecule has 0 bridgehead atoms. The molecule has 0 spiro atoms. The maximum Gasteiger partial charge on any atom is 0.322 e. The van der Waals surface area contributed by atoms with Crippen LogP contribution in [0.5, 0.6) is 0 Å². The smallest absolute Gasteiger partial charge is 0.322 e. The summed E-state index contributed by atoms with van der Waals surface area (Å²) in [5.74, 6) is -0.0510. The van der Waals surface area contributed by atoms with E-state index in [1.807, 2.05) is 93.6 Å². The number of carbonyl (C=O) groups excluding carboxylic acids is 2. The highest BCUT2D eigenvalue weighted by Gasteiger charge is 2.18. The highest BCUT2D eigenvalue weighted by atomic mass is 16.2. The molecule has 0 saturated carbocycles. The van der Waals surface area contributed by atoms with Gasteiger partial charge in [-0.2, -0.15) is 0 Å². The Labute approximate surface area is 190 Å². The van der Waals surface area contributed by atoms with Crippen molar-refractivity contribution in [3.8, 4) is 0 Å². The molecule has 0 aliphatic heterocycles. The molecule has 0 fully saturated rings. The number of nitrogens with zero attached hydrogens (tertiary/aromatic N) is 1. The van der Waals surface area contributed by atoms with E-state index in [4.69, 9.17) is 0 Å². The van der Waals surface area contributed by atoms with E-state index in [0.717, 1.165) is 22.4 Å². The van der Waals surface area contributed by atoms with Crippen LogP contribution < -0.4 is 15.5 Å². The van der Waals surface area contributed by atoms with Crippen LogP contribution in [0.4, 0.5) is 10.5 Å². The summed E-state index contributed by atoms with van der Waals surface area (Å²) in [5.41, 5.74) is 4.90. The molecule has 3 aromatic carbocycles. The summed E-state index contributed by atoms with van der Waals surface area (Å²) >= 11 is 0. The summed E-state index contributed by atoms with van der Waals surface area (Å²) in [4.78, 5) is 27.1. The van der Waals surface area contributed by atoms with E-state index >= 15 is 0 Å². The van der Waals surface area contributed by atoms with Gasteiger partial charge in [-0.05, 0) is 49.6 Å². The number of hydrogen-bond donors (Lipinski definition) is 2. The van der Waals surface area contributed by atoms with Crippen LogP contribution in [0.25, 0.3) is 0 Å². The fraction of sp³-hybridized carbons (Fsp3) is 0.259. The number of urea groups is 1. The average molecular weight is 430 g/mol. The Balaban J connectivity index is 1.71. The van der Waals surface area contributed by atoms with E-state index in [1.54, 1.807) is 4.90 Å². The molecule has 2 N–H and O–H groups in total. The van der Waals surface area contributed by atoms with E-state index in [-0.39, 0.29) is 24.4 Å². The van der Waals surface area contributed by atoms with Crippen molar-refractivity contribution in [1.82, 2.24) is 10.6 Å². The third-order valence-electron chi connectivity index (χ3n) is 5.00. The molecule has 0 aliphatic rings. The van der Waals surface area contributed by atoms with E-state index < -0.39 is 0 Å². The third-order valence-corrected chi connectivity index (χ3v) is 5.00. The first-order chi connectivity index (χ1) is 15.4. The van der Waals surface area contributed by atoms with E-state index in [9.17, 15) is 9.59 Å². The van der Waals surface area contributed by atoms with Gasteiger partial charge in [-0.25, -0.2) is 4.79 Å². The van der Waals surface area contributed by atoms with Crippen LogP contribution in [0.2, 0.25) is 0 Å². The van der Waals surface area contributed by atoms with Crippen molar-refractivity contribution in [1.29, 1.82) is 0 Å². The lowest BCUT2D eigenvalue weighted by atomic mass is 10.1. The number of anilines is 1. The Hall–Kier alpha value is -3.60. The molecule has 166 valence electrons. The van der Waals surface area contributed by atoms with Crippen molar-refractivity contribution in [2.75, 3.05) is 4.90 Å². The first kappa shape index (κ1) is 23.1. The van der Waals surface area contributed by atoms with E-state index in [0.29, 0.717) is 13.1 Å². The van der Waals surface area contributed by atoms with Gasteiger partial charge in [-0.15, -0.1) is 0 Å². The second kappa shape index (κ2) is 11.1. The van der Waals surface area contributed by atoms with Crippen LogP contribution in [0.1, 0.15) is 36.1 Å². The van der Waals surface area contributed by atoms with Crippen LogP contribution in [-0.4, -0.2) is 18.0 Å². The first-order valence-corrected chi connectivity index (χ1v) is 10.9. The zero-order valence-electron chi connectivity index (χ0n) is 19.0. The summed E-state index contributed by atoms with van der Waals surface area (Å²) in [6.07, 6.45) is 0.255. The molecule has 0 atom stereocenters. The Morgan fingerprint density at radius 3 is 2.25 bits per heavy atom. The largest absolute Gasteiger partial charge is 0.352 e. The summed E-state index contributed by atoms with van der Waals surface area (Å²) in [5, 5.41) is 5.95. The zero-order chi connectivity index (χ0) is 22.9. The fourth-order valence-corrected chi connectivity index (χ4v) is 3.48. The summed E-state index contributed by atoms with van der Waals surface area (Å²) in [7, 11) is 0. The maximum absolute atomic E-state index is 12.9. The number of nitrogens with one attached hydrogen (secondary N) is 2. The van der Waals surface area contributed by atoms with Gasteiger partial charge in [0.15, 0.2) is 0 Å². The Kier molecular flexibility index (Phi) is 8.03. The quantitative estimate of drug-likeness (QED) is 0.531. The van der Waals surface area contributed by atoms with Gasteiger partial charge in [-0.3, -0.25) is 9.69 Å². The molecule has 0 aliphatic carbocycles. The number of hydrogen-bond acceptors (Lipinski definition) is 2. The molecule has 0 aromatic heterocycles. The minimum atomic E-state index is -0.162. The van der Waals surface area contributed by atoms with Crippen LogP contribution in [0.15, 0.2) is 78.9 Å². The van der Waals surface area contributed by atoms with Crippen molar-refractivity contribution in [3.05, 3.63) is 101 Å². The van der Waals surface area contributed by atoms with Gasteiger partial charge in [0.2, 0.25) is 5.91 Å². The van der Waals surface area contributed by atoms with Gasteiger partial charge < -0.3 is 10.6 Å². The summed E-state index contributed by atoms with van der Waals surface area (Å²) in [6, 6.07) is 25.4. The van der Waals surface area contributed by atoms with Crippen LogP contribution >= 0.6 is 0 Å². The number of aryl methyl sites for hydroxylation is 1. The molecular weight excluding hydrogens is 398 g/mol. The molecule has 0 unspecified atom stereocenters. The lowest BCUT2D eigenvalue weighted by Crippen LogP contribution is -2.42. The molecule has 0 saturated heterocycles. The predicted octanol–water partition coefficient (Wildman–Crippen LogP) is 4.98. The molecule has 5 nitrogen and oxygen atoms in total. The second-order valence-electron chi connectivity index (χ2n) is 8.29. The van der Waals surface area contributed by atoms with Crippen molar-refractivity contribution < 1.29 is 9.59 Å². The third kappa shape index (κ3) is 6.98. The van der Waals surface area contributed by atoms with Gasteiger partial charge in [0.05, 0.1) is 13.0 Å². The number of benzene rings is 3. The standard InChI is InChI=1S/C27H31N3O2/c1-20(2)29-27(32)30(19-22-10-5-4-6-11-22)25-14-8-12-23(16-25)17-26(31)28-18-24-13-7-9-21(3)15-24/h4-16,20H,17-19H2,1-3H3,(H,28,31)(H,29,32). The van der Waals surface area contributed by atoms with Gasteiger partial charge in [0.1, 0.15) is 0 Å². The first-order valence-electron chi connectivity index (χ1n) is 10.9. The normalized spacial score (nSPS) is 10.6. The topological polar surface area (TPSA) is 61.4 Å². The highest BCUT2D eigenvalue weighted by Crippen LogP contribution is 2.20. The van der Waals surface area contributed by atoms with Gasteiger partial charge in [0, 0.05) is 18.3 Å². The molecule has 3 amide bonds. The molecular formula is C27H31N3O2. The monoisotopic (exact) mass is 429 g/mol. The highest BCUT2D eigenvalue weighted by molar-refractivity contribution is 5.92. The number of rotatable bonds is 8. The Morgan fingerprint density at radius 1 is 0.844 bits per heavy atom. The van der Waals surface area contributed by atoms with Crippen molar-refractivity contribution in [3.63, 3.8) is 0 Å². The minimum absolute atomic E-state index is 0.0244. The van der Waals surface area contributed by atoms with Crippen LogP contribution in [0.3, 0.4) is 0 Å². The molecule has 3 rings (SSSR count). The van der Waals surface area contributed by atoms with E-state index in [1.165, 1.54) is 5.56 Å². The Morgan fingerprint density at radius 2 is 1.53 bits per heavy atom. The summed E-state index contributed by atoms with van der Waals surface area (Å²) < 4.78 is 0. The van der Waals surface area contributed by atoms with E-state index in [2.05, 4.69) is 16.7 Å². The zero-order valence-corrected chi connectivity index (χ0v) is 19.0. The van der Waals surface area contributed by atoms with Gasteiger partial charge in [0.25, 0.3) is 0 Å². The maximum atomic E-state index is 12.9. The molecule has 3 aromatic rings. The SMILES string of the molecule is Cc1cccc(CNC(=O)Cc2cccc(N(Cc3ccccc3)C(=O)NC(C)C)c2)c1. The molecule has 5 heteroatoms.